The number of aryl methyl sites for hydroxylation is 2. The van der Waals surface area contributed by atoms with Crippen molar-refractivity contribution in [2.75, 3.05) is 12.4 Å². The van der Waals surface area contributed by atoms with E-state index in [1.807, 2.05) is 84.9 Å². The van der Waals surface area contributed by atoms with E-state index in [0.29, 0.717) is 44.8 Å². The molecule has 0 unspecified atom stereocenters. The SMILES string of the molecule is C=C(C)/C=C(C)\C(C)=C(/c1ccc(NC(=O)CCCCC(=O)ON(C)C(=C)CCC=O)cc1)c1c(C)cc(C)n1[B]F.CC. The monoisotopic (exact) mass is 604 g/mol. The van der Waals surface area contributed by atoms with Crippen molar-refractivity contribution in [3.8, 4) is 0 Å². The predicted molar refractivity (Wildman–Crippen MR) is 180 cm³/mol. The number of aldehydes is 1. The van der Waals surface area contributed by atoms with Crippen LogP contribution in [0.3, 0.4) is 0 Å². The quantitative estimate of drug-likeness (QED) is 0.0687. The van der Waals surface area contributed by atoms with E-state index < -0.39 is 5.97 Å². The van der Waals surface area contributed by atoms with Gasteiger partial charge in [-0.15, -0.1) is 0 Å². The van der Waals surface area contributed by atoms with Gasteiger partial charge in [0.1, 0.15) is 6.29 Å². The zero-order valence-electron chi connectivity index (χ0n) is 27.7. The Labute approximate surface area is 263 Å². The van der Waals surface area contributed by atoms with Crippen molar-refractivity contribution >= 4 is 37.1 Å². The Bertz CT molecular complexity index is 1370. The number of benzene rings is 1. The van der Waals surface area contributed by atoms with Gasteiger partial charge in [0.25, 0.3) is 0 Å². The first kappa shape index (κ1) is 37.9. The molecule has 1 heterocycles. The van der Waals surface area contributed by atoms with Crippen LogP contribution in [0.5, 0.6) is 0 Å². The van der Waals surface area contributed by atoms with Gasteiger partial charge in [-0.2, -0.15) is 0 Å². The number of rotatable bonds is 16. The summed E-state index contributed by atoms with van der Waals surface area (Å²) in [6, 6.07) is 9.45. The molecule has 2 aromatic rings. The Morgan fingerprint density at radius 3 is 2.23 bits per heavy atom. The number of aromatic nitrogens is 1. The molecule has 1 aromatic heterocycles. The number of carbonyl (C=O) groups is 3. The Morgan fingerprint density at radius 2 is 1.66 bits per heavy atom. The molecule has 0 spiro atoms. The second-order valence-corrected chi connectivity index (χ2v) is 10.5. The molecule has 1 aromatic carbocycles. The number of allylic oxidation sites excluding steroid dienone is 5. The molecular formula is C35H48BFN3O4. The normalized spacial score (nSPS) is 11.4. The van der Waals surface area contributed by atoms with Crippen molar-refractivity contribution in [2.24, 2.45) is 0 Å². The Hall–Kier alpha value is -4.14. The average molecular weight is 605 g/mol. The minimum atomic E-state index is -0.421. The summed E-state index contributed by atoms with van der Waals surface area (Å²) in [5.41, 5.74) is 8.43. The van der Waals surface area contributed by atoms with E-state index in [-0.39, 0.29) is 18.7 Å². The number of hydrogen-bond acceptors (Lipinski definition) is 5. The molecule has 0 bridgehead atoms. The van der Waals surface area contributed by atoms with Gasteiger partial charge in [-0.25, -0.2) is 9.86 Å². The molecular weight excluding hydrogens is 556 g/mol. The zero-order chi connectivity index (χ0) is 33.4. The molecule has 0 atom stereocenters. The van der Waals surface area contributed by atoms with Gasteiger partial charge in [0, 0.05) is 54.7 Å². The molecule has 7 nitrogen and oxygen atoms in total. The maximum absolute atomic E-state index is 14.0. The molecule has 1 N–H and O–H groups in total. The van der Waals surface area contributed by atoms with Crippen LogP contribution in [-0.4, -0.2) is 42.4 Å². The maximum Gasteiger partial charge on any atom is 0.495 e. The van der Waals surface area contributed by atoms with Crippen LogP contribution in [0.4, 0.5) is 10.0 Å². The summed E-state index contributed by atoms with van der Waals surface area (Å²) in [6.45, 7) is 21.6. The fraction of sp³-hybridized carbons (Fsp3) is 0.400. The summed E-state index contributed by atoms with van der Waals surface area (Å²) in [6.07, 6.45) is 4.95. The Balaban J connectivity index is 0.00000474. The van der Waals surface area contributed by atoms with Crippen LogP contribution < -0.4 is 5.32 Å². The van der Waals surface area contributed by atoms with Gasteiger partial charge < -0.3 is 23.7 Å². The summed E-state index contributed by atoms with van der Waals surface area (Å²) in [7, 11) is 2.16. The van der Waals surface area contributed by atoms with Crippen molar-refractivity contribution in [2.45, 2.75) is 87.0 Å². The first-order chi connectivity index (χ1) is 20.9. The summed E-state index contributed by atoms with van der Waals surface area (Å²) in [5, 5.41) is 4.18. The number of nitrogens with zero attached hydrogens (tertiary/aromatic N) is 2. The molecule has 0 saturated heterocycles. The van der Waals surface area contributed by atoms with Crippen molar-refractivity contribution in [1.29, 1.82) is 0 Å². The minimum absolute atomic E-state index is 0.157. The van der Waals surface area contributed by atoms with Crippen LogP contribution in [0.15, 0.2) is 72.0 Å². The van der Waals surface area contributed by atoms with Gasteiger partial charge in [0.15, 0.2) is 0 Å². The highest BCUT2D eigenvalue weighted by molar-refractivity contribution is 6.25. The third-order valence-electron chi connectivity index (χ3n) is 6.91. The van der Waals surface area contributed by atoms with Crippen molar-refractivity contribution < 1.29 is 23.5 Å². The number of hydrogen-bond donors (Lipinski definition) is 1. The number of amides is 1. The highest BCUT2D eigenvalue weighted by Gasteiger charge is 2.20. The molecule has 0 saturated carbocycles. The van der Waals surface area contributed by atoms with Gasteiger partial charge in [0.05, 0.1) is 0 Å². The van der Waals surface area contributed by atoms with E-state index in [0.717, 1.165) is 51.1 Å². The highest BCUT2D eigenvalue weighted by atomic mass is 19.1. The third kappa shape index (κ3) is 11.5. The van der Waals surface area contributed by atoms with Crippen LogP contribution in [-0.2, 0) is 19.2 Å². The number of halogens is 1. The molecule has 0 aliphatic rings. The third-order valence-corrected chi connectivity index (χ3v) is 6.91. The van der Waals surface area contributed by atoms with Gasteiger partial charge in [0.2, 0.25) is 5.91 Å². The van der Waals surface area contributed by atoms with E-state index >= 15 is 0 Å². The lowest BCUT2D eigenvalue weighted by molar-refractivity contribution is -0.176. The smallest absolute Gasteiger partial charge is 0.362 e. The second-order valence-electron chi connectivity index (χ2n) is 10.5. The maximum atomic E-state index is 14.0. The molecule has 1 radical (unpaired) electrons. The molecule has 0 fully saturated rings. The summed E-state index contributed by atoms with van der Waals surface area (Å²) >= 11 is 0. The molecule has 9 heteroatoms. The first-order valence-corrected chi connectivity index (χ1v) is 15.0. The molecule has 1 amide bonds. The molecule has 44 heavy (non-hydrogen) atoms. The molecule has 2 rings (SSSR count). The van der Waals surface area contributed by atoms with Crippen molar-refractivity contribution in [3.05, 3.63) is 94.5 Å². The molecule has 0 aliphatic carbocycles. The van der Waals surface area contributed by atoms with Crippen LogP contribution in [0, 0.1) is 13.8 Å². The van der Waals surface area contributed by atoms with E-state index in [2.05, 4.69) is 18.5 Å². The van der Waals surface area contributed by atoms with Gasteiger partial charge in [-0.3, -0.25) is 4.79 Å². The largest absolute Gasteiger partial charge is 0.495 e. The van der Waals surface area contributed by atoms with Crippen LogP contribution >= 0.6 is 0 Å². The fourth-order valence-electron chi connectivity index (χ4n) is 4.61. The van der Waals surface area contributed by atoms with Crippen molar-refractivity contribution in [1.82, 2.24) is 9.54 Å². The first-order valence-electron chi connectivity index (χ1n) is 15.0. The zero-order valence-corrected chi connectivity index (χ0v) is 27.7. The van der Waals surface area contributed by atoms with Gasteiger partial charge in [-0.1, -0.05) is 50.8 Å². The minimum Gasteiger partial charge on any atom is -0.362 e. The lowest BCUT2D eigenvalue weighted by Gasteiger charge is -2.19. The summed E-state index contributed by atoms with van der Waals surface area (Å²) in [4.78, 5) is 40.3. The van der Waals surface area contributed by atoms with E-state index in [1.165, 1.54) is 5.06 Å². The van der Waals surface area contributed by atoms with E-state index in [1.54, 1.807) is 11.5 Å². The summed E-state index contributed by atoms with van der Waals surface area (Å²) in [5.74, 6) is -0.579. The predicted octanol–water partition coefficient (Wildman–Crippen LogP) is 8.21. The van der Waals surface area contributed by atoms with Crippen molar-refractivity contribution in [3.63, 3.8) is 0 Å². The van der Waals surface area contributed by atoms with E-state index in [9.17, 15) is 18.7 Å². The van der Waals surface area contributed by atoms with Crippen LogP contribution in [0.2, 0.25) is 0 Å². The topological polar surface area (TPSA) is 80.6 Å². The number of carbonyl (C=O) groups excluding carboxylic acids is 3. The lowest BCUT2D eigenvalue weighted by atomic mass is 9.91. The highest BCUT2D eigenvalue weighted by Crippen LogP contribution is 2.34. The lowest BCUT2D eigenvalue weighted by Crippen LogP contribution is -2.22. The number of anilines is 1. The Kier molecular flexibility index (Phi) is 16.5. The summed E-state index contributed by atoms with van der Waals surface area (Å²) < 4.78 is 15.6. The molecule has 0 aliphatic heterocycles. The molecule has 237 valence electrons. The number of nitrogens with one attached hydrogen (secondary N) is 1. The number of hydroxylamine groups is 2. The fourth-order valence-corrected chi connectivity index (χ4v) is 4.61. The van der Waals surface area contributed by atoms with Gasteiger partial charge >= 0.3 is 13.7 Å². The van der Waals surface area contributed by atoms with Gasteiger partial charge in [-0.05, 0) is 94.4 Å². The average Bonchev–Trinajstić information content (AvgIpc) is 3.27. The van der Waals surface area contributed by atoms with Crippen LogP contribution in [0.25, 0.3) is 5.57 Å². The standard InChI is InChI=1S/C33H42BFN3O4.C2H6/c1-22(2)20-23(3)27(7)32(33-24(4)21-26(6)38(33)34-35)28-15-17-29(18-16-28)36-30(40)13-9-10-14-31(41)42-37(8)25(5)12-11-19-39;1-2/h15-21H,1,5,9-14H2,2-4,6-8H3,(H,36,40);1-2H3/b23-20-,32-27+;. The second kappa shape index (κ2) is 19.2. The van der Waals surface area contributed by atoms with Crippen LogP contribution in [0.1, 0.15) is 95.7 Å². The van der Waals surface area contributed by atoms with E-state index in [4.69, 9.17) is 4.84 Å². The Morgan fingerprint density at radius 1 is 1.05 bits per heavy atom. The number of unbranched alkanes of at least 4 members (excludes halogenated alkanes) is 1.